The Kier molecular flexibility index (Phi) is 5.94. The number of rotatable bonds is 6. The molecule has 0 spiro atoms. The Labute approximate surface area is 179 Å². The molecule has 0 bridgehead atoms. The molecule has 1 aliphatic heterocycles. The van der Waals surface area contributed by atoms with Gasteiger partial charge in [0.2, 0.25) is 0 Å². The number of aryl methyl sites for hydroxylation is 1. The summed E-state index contributed by atoms with van der Waals surface area (Å²) in [5.41, 5.74) is 3.22. The third kappa shape index (κ3) is 4.56. The van der Waals surface area contributed by atoms with Gasteiger partial charge in [0.15, 0.2) is 0 Å². The predicted molar refractivity (Wildman–Crippen MR) is 116 cm³/mol. The summed E-state index contributed by atoms with van der Waals surface area (Å²) < 4.78 is 6.99. The van der Waals surface area contributed by atoms with Crippen LogP contribution in [-0.2, 0) is 18.3 Å². The summed E-state index contributed by atoms with van der Waals surface area (Å²) in [5.74, 6) is -0.225. The number of carbonyl (C=O) groups is 1. The zero-order chi connectivity index (χ0) is 21.8. The molecule has 2 aromatic carbocycles. The summed E-state index contributed by atoms with van der Waals surface area (Å²) >= 11 is 0. The van der Waals surface area contributed by atoms with Crippen LogP contribution < -0.4 is 5.32 Å². The number of hydrogen-bond donors (Lipinski definition) is 1. The molecule has 0 atom stereocenters. The Hall–Kier alpha value is -3.72. The maximum Gasteiger partial charge on any atom is 0.293 e. The first-order valence-corrected chi connectivity index (χ1v) is 10.00. The highest BCUT2D eigenvalue weighted by molar-refractivity contribution is 5.95. The van der Waals surface area contributed by atoms with Crippen LogP contribution in [0.3, 0.4) is 0 Å². The van der Waals surface area contributed by atoms with E-state index in [0.717, 1.165) is 16.8 Å². The molecule has 1 aliphatic rings. The minimum atomic E-state index is -0.472. The maximum atomic E-state index is 12.7. The van der Waals surface area contributed by atoms with Crippen molar-refractivity contribution in [3.63, 3.8) is 0 Å². The van der Waals surface area contributed by atoms with Crippen LogP contribution in [0.5, 0.6) is 0 Å². The molecule has 2 heterocycles. The molecule has 3 aromatic rings. The Balaban J connectivity index is 1.55. The molecule has 9 heteroatoms. The molecule has 1 N–H and O–H groups in total. The number of nitro benzene ring substituents is 1. The number of amides is 1. The summed E-state index contributed by atoms with van der Waals surface area (Å²) in [4.78, 5) is 25.5. The van der Waals surface area contributed by atoms with Crippen LogP contribution in [0.25, 0.3) is 11.3 Å². The van der Waals surface area contributed by atoms with Crippen LogP contribution in [0.1, 0.15) is 15.9 Å². The van der Waals surface area contributed by atoms with Gasteiger partial charge in [0.05, 0.1) is 23.8 Å². The summed E-state index contributed by atoms with van der Waals surface area (Å²) in [5, 5.41) is 19.3. The van der Waals surface area contributed by atoms with Gasteiger partial charge in [0.1, 0.15) is 5.69 Å². The largest absolute Gasteiger partial charge is 0.378 e. The van der Waals surface area contributed by atoms with Gasteiger partial charge in [-0.05, 0) is 12.1 Å². The van der Waals surface area contributed by atoms with Crippen molar-refractivity contribution in [3.05, 3.63) is 76.0 Å². The molecular weight excluding hydrogens is 398 g/mol. The van der Waals surface area contributed by atoms with Gasteiger partial charge in [-0.25, -0.2) is 0 Å². The molecule has 0 radical (unpaired) electrons. The van der Waals surface area contributed by atoms with Gasteiger partial charge >= 0.3 is 0 Å². The second-order valence-electron chi connectivity index (χ2n) is 7.29. The highest BCUT2D eigenvalue weighted by Gasteiger charge is 2.23. The second-order valence-corrected chi connectivity index (χ2v) is 7.29. The average molecular weight is 421 g/mol. The number of anilines is 1. The smallest absolute Gasteiger partial charge is 0.293 e. The quantitative estimate of drug-likeness (QED) is 0.485. The topological polar surface area (TPSA) is 103 Å². The Morgan fingerprint density at radius 3 is 2.65 bits per heavy atom. The third-order valence-corrected chi connectivity index (χ3v) is 5.16. The van der Waals surface area contributed by atoms with Crippen LogP contribution in [0, 0.1) is 10.1 Å². The first-order valence-electron chi connectivity index (χ1n) is 10.00. The molecule has 1 aromatic heterocycles. The van der Waals surface area contributed by atoms with E-state index in [4.69, 9.17) is 4.74 Å². The lowest BCUT2D eigenvalue weighted by molar-refractivity contribution is -0.384. The molecule has 160 valence electrons. The van der Waals surface area contributed by atoms with Gasteiger partial charge in [-0.3, -0.25) is 19.6 Å². The van der Waals surface area contributed by atoms with E-state index in [1.807, 2.05) is 43.6 Å². The van der Waals surface area contributed by atoms with E-state index in [2.05, 4.69) is 10.4 Å². The number of hydrogen-bond acceptors (Lipinski definition) is 6. The molecular formula is C22H23N5O4. The standard InChI is InChI=1S/C22H23N5O4/c1-25-15-18(21(24-25)16-5-3-2-4-6-16)14-23-19-8-7-17(13-20(19)27(29)30)22(28)26-9-11-31-12-10-26/h2-8,13,15,23H,9-12,14H2,1H3. The lowest BCUT2D eigenvalue weighted by atomic mass is 10.1. The number of nitrogens with zero attached hydrogens (tertiary/aromatic N) is 4. The van der Waals surface area contributed by atoms with E-state index in [9.17, 15) is 14.9 Å². The normalized spacial score (nSPS) is 13.8. The second kappa shape index (κ2) is 8.97. The van der Waals surface area contributed by atoms with Crippen molar-refractivity contribution in [1.29, 1.82) is 0 Å². The first kappa shape index (κ1) is 20.5. The monoisotopic (exact) mass is 421 g/mol. The molecule has 0 saturated carbocycles. The maximum absolute atomic E-state index is 12.7. The number of nitro groups is 1. The van der Waals surface area contributed by atoms with Crippen molar-refractivity contribution in [1.82, 2.24) is 14.7 Å². The van der Waals surface area contributed by atoms with Gasteiger partial charge in [-0.15, -0.1) is 0 Å². The zero-order valence-corrected chi connectivity index (χ0v) is 17.2. The van der Waals surface area contributed by atoms with Crippen molar-refractivity contribution in [2.24, 2.45) is 7.05 Å². The molecule has 1 saturated heterocycles. The number of nitrogens with one attached hydrogen (secondary N) is 1. The van der Waals surface area contributed by atoms with Crippen molar-refractivity contribution >= 4 is 17.3 Å². The fourth-order valence-corrected chi connectivity index (χ4v) is 3.61. The molecule has 31 heavy (non-hydrogen) atoms. The highest BCUT2D eigenvalue weighted by atomic mass is 16.6. The van der Waals surface area contributed by atoms with Crippen molar-refractivity contribution < 1.29 is 14.5 Å². The number of carbonyl (C=O) groups excluding carboxylic acids is 1. The first-order chi connectivity index (χ1) is 15.0. The van der Waals surface area contributed by atoms with Gasteiger partial charge in [0, 0.05) is 55.6 Å². The summed E-state index contributed by atoms with van der Waals surface area (Å²) in [6.07, 6.45) is 1.89. The number of benzene rings is 2. The summed E-state index contributed by atoms with van der Waals surface area (Å²) in [7, 11) is 1.84. The SMILES string of the molecule is Cn1cc(CNc2ccc(C(=O)N3CCOCC3)cc2[N+](=O)[O-])c(-c2ccccc2)n1. The van der Waals surface area contributed by atoms with Crippen LogP contribution in [0.4, 0.5) is 11.4 Å². The van der Waals surface area contributed by atoms with Crippen LogP contribution in [0.15, 0.2) is 54.7 Å². The molecule has 1 fully saturated rings. The summed E-state index contributed by atoms with van der Waals surface area (Å²) in [6.45, 7) is 2.27. The van der Waals surface area contributed by atoms with E-state index in [0.29, 0.717) is 44.1 Å². The van der Waals surface area contributed by atoms with Gasteiger partial charge in [-0.1, -0.05) is 30.3 Å². The minimum absolute atomic E-state index is 0.135. The Bertz CT molecular complexity index is 1090. The van der Waals surface area contributed by atoms with Gasteiger partial charge < -0.3 is 15.0 Å². The van der Waals surface area contributed by atoms with Crippen molar-refractivity contribution in [2.75, 3.05) is 31.6 Å². The van der Waals surface area contributed by atoms with E-state index >= 15 is 0 Å². The fourth-order valence-electron chi connectivity index (χ4n) is 3.61. The molecule has 0 aliphatic carbocycles. The van der Waals surface area contributed by atoms with Crippen LogP contribution >= 0.6 is 0 Å². The van der Waals surface area contributed by atoms with E-state index in [1.54, 1.807) is 21.7 Å². The minimum Gasteiger partial charge on any atom is -0.378 e. The highest BCUT2D eigenvalue weighted by Crippen LogP contribution is 2.28. The van der Waals surface area contributed by atoms with Crippen molar-refractivity contribution in [3.8, 4) is 11.3 Å². The molecule has 1 amide bonds. The number of ether oxygens (including phenoxy) is 1. The van der Waals surface area contributed by atoms with Gasteiger partial charge in [0.25, 0.3) is 11.6 Å². The van der Waals surface area contributed by atoms with Crippen molar-refractivity contribution in [2.45, 2.75) is 6.54 Å². The zero-order valence-electron chi connectivity index (χ0n) is 17.2. The van der Waals surface area contributed by atoms with E-state index in [-0.39, 0.29) is 11.6 Å². The summed E-state index contributed by atoms with van der Waals surface area (Å²) in [6, 6.07) is 14.3. The van der Waals surface area contributed by atoms with E-state index < -0.39 is 4.92 Å². The average Bonchev–Trinajstić information content (AvgIpc) is 3.18. The van der Waals surface area contributed by atoms with E-state index in [1.165, 1.54) is 6.07 Å². The Morgan fingerprint density at radius 2 is 1.94 bits per heavy atom. The number of aromatic nitrogens is 2. The lowest BCUT2D eigenvalue weighted by Gasteiger charge is -2.26. The number of morpholine rings is 1. The molecule has 9 nitrogen and oxygen atoms in total. The molecule has 0 unspecified atom stereocenters. The Morgan fingerprint density at radius 1 is 1.19 bits per heavy atom. The van der Waals surface area contributed by atoms with Crippen LogP contribution in [0.2, 0.25) is 0 Å². The van der Waals surface area contributed by atoms with Gasteiger partial charge in [-0.2, -0.15) is 5.10 Å². The fraction of sp³-hybridized carbons (Fsp3) is 0.273. The van der Waals surface area contributed by atoms with Crippen LogP contribution in [-0.4, -0.2) is 51.8 Å². The molecule has 4 rings (SSSR count). The predicted octanol–water partition coefficient (Wildman–Crippen LogP) is 3.08. The third-order valence-electron chi connectivity index (χ3n) is 5.16. The lowest BCUT2D eigenvalue weighted by Crippen LogP contribution is -2.40.